The van der Waals surface area contributed by atoms with Gasteiger partial charge in [0.25, 0.3) is 0 Å². The summed E-state index contributed by atoms with van der Waals surface area (Å²) in [7, 11) is 0. The molecule has 1 amide bonds. The zero-order valence-electron chi connectivity index (χ0n) is 15.6. The molecule has 0 aliphatic carbocycles. The van der Waals surface area contributed by atoms with Crippen LogP contribution in [-0.4, -0.2) is 21.2 Å². The molecule has 4 aromatic rings. The van der Waals surface area contributed by atoms with Crippen molar-refractivity contribution < 1.29 is 4.79 Å². The number of rotatable bonds is 8. The average molecular weight is 370 g/mol. The number of nitrogens with one attached hydrogen (secondary N) is 1. The van der Waals surface area contributed by atoms with Crippen molar-refractivity contribution in [1.82, 2.24) is 20.1 Å². The summed E-state index contributed by atoms with van der Waals surface area (Å²) in [4.78, 5) is 10.8. The van der Waals surface area contributed by atoms with E-state index in [1.54, 1.807) is 0 Å². The van der Waals surface area contributed by atoms with Gasteiger partial charge in [0.15, 0.2) is 5.82 Å². The number of amides is 1. The van der Waals surface area contributed by atoms with Gasteiger partial charge in [-0.25, -0.2) is 0 Å². The van der Waals surface area contributed by atoms with Crippen molar-refractivity contribution in [3.05, 3.63) is 95.6 Å². The molecule has 0 spiro atoms. The van der Waals surface area contributed by atoms with Crippen LogP contribution in [0, 0.1) is 0 Å². The van der Waals surface area contributed by atoms with Crippen LogP contribution >= 0.6 is 0 Å². The van der Waals surface area contributed by atoms with Crippen LogP contribution in [0.3, 0.4) is 0 Å². The standard InChI is InChI=1S/C23H22N4O/c28-17-24-15-23-26-25-22(14-13-18-7-2-1-3-8-18)27(23)16-20-11-6-10-19-9-4-5-12-21(19)20/h1-12,17H,13-16H2,(H,24,28). The maximum atomic E-state index is 10.8. The Morgan fingerprint density at radius 2 is 1.57 bits per heavy atom. The second-order valence-electron chi connectivity index (χ2n) is 6.74. The monoisotopic (exact) mass is 370 g/mol. The lowest BCUT2D eigenvalue weighted by molar-refractivity contribution is -0.109. The Labute approximate surface area is 164 Å². The van der Waals surface area contributed by atoms with Crippen molar-refractivity contribution in [2.75, 3.05) is 0 Å². The molecular weight excluding hydrogens is 348 g/mol. The van der Waals surface area contributed by atoms with E-state index in [1.807, 2.05) is 6.07 Å². The highest BCUT2D eigenvalue weighted by atomic mass is 16.1. The molecule has 0 saturated carbocycles. The van der Waals surface area contributed by atoms with Crippen LogP contribution in [0.4, 0.5) is 0 Å². The molecule has 28 heavy (non-hydrogen) atoms. The van der Waals surface area contributed by atoms with Gasteiger partial charge in [-0.05, 0) is 28.3 Å². The number of carbonyl (C=O) groups excluding carboxylic acids is 1. The predicted octanol–water partition coefficient (Wildman–Crippen LogP) is 3.51. The molecule has 140 valence electrons. The lowest BCUT2D eigenvalue weighted by atomic mass is 10.0. The zero-order valence-corrected chi connectivity index (χ0v) is 15.6. The van der Waals surface area contributed by atoms with Crippen molar-refractivity contribution in [2.45, 2.75) is 25.9 Å². The summed E-state index contributed by atoms with van der Waals surface area (Å²) in [6.07, 6.45) is 2.39. The van der Waals surface area contributed by atoms with E-state index in [0.717, 1.165) is 24.5 Å². The quantitative estimate of drug-likeness (QED) is 0.483. The molecule has 1 heterocycles. The third-order valence-electron chi connectivity index (χ3n) is 4.94. The van der Waals surface area contributed by atoms with E-state index in [9.17, 15) is 4.79 Å². The van der Waals surface area contributed by atoms with Gasteiger partial charge in [-0.2, -0.15) is 0 Å². The maximum Gasteiger partial charge on any atom is 0.207 e. The van der Waals surface area contributed by atoms with Crippen molar-refractivity contribution in [3.63, 3.8) is 0 Å². The van der Waals surface area contributed by atoms with E-state index in [1.165, 1.54) is 21.9 Å². The minimum absolute atomic E-state index is 0.368. The summed E-state index contributed by atoms with van der Waals surface area (Å²) in [5, 5.41) is 13.9. The van der Waals surface area contributed by atoms with Gasteiger partial charge in [0.1, 0.15) is 5.82 Å². The highest BCUT2D eigenvalue weighted by molar-refractivity contribution is 5.85. The fourth-order valence-corrected chi connectivity index (χ4v) is 3.51. The lowest BCUT2D eigenvalue weighted by Gasteiger charge is -2.13. The van der Waals surface area contributed by atoms with E-state index < -0.39 is 0 Å². The van der Waals surface area contributed by atoms with Crippen molar-refractivity contribution in [1.29, 1.82) is 0 Å². The smallest absolute Gasteiger partial charge is 0.207 e. The summed E-state index contributed by atoms with van der Waals surface area (Å²) >= 11 is 0. The number of benzene rings is 3. The van der Waals surface area contributed by atoms with E-state index in [4.69, 9.17) is 0 Å². The lowest BCUT2D eigenvalue weighted by Crippen LogP contribution is -2.17. The first-order chi connectivity index (χ1) is 13.8. The molecule has 0 unspecified atom stereocenters. The van der Waals surface area contributed by atoms with Gasteiger partial charge >= 0.3 is 0 Å². The fourth-order valence-electron chi connectivity index (χ4n) is 3.51. The number of nitrogens with zero attached hydrogens (tertiary/aromatic N) is 3. The van der Waals surface area contributed by atoms with Crippen LogP contribution in [0.2, 0.25) is 0 Å². The maximum absolute atomic E-state index is 10.8. The SMILES string of the molecule is O=CNCc1nnc(CCc2ccccc2)n1Cc1cccc2ccccc12. The zero-order chi connectivity index (χ0) is 19.2. The number of aryl methyl sites for hydroxylation is 2. The van der Waals surface area contributed by atoms with Crippen LogP contribution in [0.15, 0.2) is 72.8 Å². The van der Waals surface area contributed by atoms with Gasteiger partial charge in [0.2, 0.25) is 6.41 Å². The second-order valence-corrected chi connectivity index (χ2v) is 6.74. The van der Waals surface area contributed by atoms with Gasteiger partial charge in [0.05, 0.1) is 13.1 Å². The Bertz CT molecular complexity index is 1070. The van der Waals surface area contributed by atoms with E-state index >= 15 is 0 Å². The molecule has 0 bridgehead atoms. The summed E-state index contributed by atoms with van der Waals surface area (Å²) < 4.78 is 2.13. The Morgan fingerprint density at radius 1 is 0.821 bits per heavy atom. The first kappa shape index (κ1) is 17.9. The Balaban J connectivity index is 1.65. The Kier molecular flexibility index (Phi) is 5.43. The molecule has 0 saturated heterocycles. The number of fused-ring (bicyclic) bond motifs is 1. The van der Waals surface area contributed by atoms with Crippen molar-refractivity contribution in [2.24, 2.45) is 0 Å². The molecule has 0 fully saturated rings. The molecule has 0 aliphatic heterocycles. The number of carbonyl (C=O) groups is 1. The second kappa shape index (κ2) is 8.48. The Morgan fingerprint density at radius 3 is 2.43 bits per heavy atom. The molecule has 5 nitrogen and oxygen atoms in total. The van der Waals surface area contributed by atoms with Crippen LogP contribution in [0.25, 0.3) is 10.8 Å². The third-order valence-corrected chi connectivity index (χ3v) is 4.94. The van der Waals surface area contributed by atoms with Crippen LogP contribution in [0.5, 0.6) is 0 Å². The van der Waals surface area contributed by atoms with Crippen LogP contribution < -0.4 is 5.32 Å². The molecule has 5 heteroatoms. The van der Waals surface area contributed by atoms with Crippen LogP contribution in [0.1, 0.15) is 22.8 Å². The van der Waals surface area contributed by atoms with Gasteiger partial charge in [0, 0.05) is 6.42 Å². The largest absolute Gasteiger partial charge is 0.351 e. The van der Waals surface area contributed by atoms with Gasteiger partial charge in [-0.15, -0.1) is 10.2 Å². The molecule has 3 aromatic carbocycles. The van der Waals surface area contributed by atoms with Crippen molar-refractivity contribution in [3.8, 4) is 0 Å². The first-order valence-corrected chi connectivity index (χ1v) is 9.43. The van der Waals surface area contributed by atoms with Crippen molar-refractivity contribution >= 4 is 17.2 Å². The van der Waals surface area contributed by atoms with Gasteiger partial charge in [-0.1, -0.05) is 72.8 Å². The summed E-state index contributed by atoms with van der Waals surface area (Å²) in [6.45, 7) is 1.04. The summed E-state index contributed by atoms with van der Waals surface area (Å²) in [5.41, 5.74) is 2.49. The normalized spacial score (nSPS) is 10.9. The third kappa shape index (κ3) is 3.93. The number of aromatic nitrogens is 3. The van der Waals surface area contributed by atoms with Crippen LogP contribution in [-0.2, 0) is 30.7 Å². The summed E-state index contributed by atoms with van der Waals surface area (Å²) in [5.74, 6) is 1.70. The molecule has 0 radical (unpaired) electrons. The molecule has 1 aromatic heterocycles. The predicted molar refractivity (Wildman–Crippen MR) is 110 cm³/mol. The molecule has 0 atom stereocenters. The fraction of sp³-hybridized carbons (Fsp3) is 0.174. The molecule has 0 aliphatic rings. The minimum atomic E-state index is 0.368. The highest BCUT2D eigenvalue weighted by Crippen LogP contribution is 2.21. The first-order valence-electron chi connectivity index (χ1n) is 9.43. The summed E-state index contributed by atoms with van der Waals surface area (Å²) in [6, 6.07) is 25.1. The molecule has 1 N–H and O–H groups in total. The highest BCUT2D eigenvalue weighted by Gasteiger charge is 2.13. The van der Waals surface area contributed by atoms with E-state index in [0.29, 0.717) is 19.5 Å². The molecule has 4 rings (SSSR count). The average Bonchev–Trinajstić information content (AvgIpc) is 3.13. The topological polar surface area (TPSA) is 59.8 Å². The minimum Gasteiger partial charge on any atom is -0.351 e. The van der Waals surface area contributed by atoms with E-state index in [-0.39, 0.29) is 0 Å². The Hall–Kier alpha value is -3.47. The van der Waals surface area contributed by atoms with Gasteiger partial charge in [-0.3, -0.25) is 4.79 Å². The van der Waals surface area contributed by atoms with E-state index in [2.05, 4.69) is 86.8 Å². The number of hydrogen-bond acceptors (Lipinski definition) is 3. The molecular formula is C23H22N4O. The van der Waals surface area contributed by atoms with Gasteiger partial charge < -0.3 is 9.88 Å². The number of hydrogen-bond donors (Lipinski definition) is 1.